The van der Waals surface area contributed by atoms with Gasteiger partial charge in [0, 0.05) is 43.7 Å². The van der Waals surface area contributed by atoms with Crippen molar-refractivity contribution < 1.29 is 9.59 Å². The lowest BCUT2D eigenvalue weighted by Gasteiger charge is -2.29. The Hall–Kier alpha value is -3.61. The molecule has 0 unspecified atom stereocenters. The quantitative estimate of drug-likeness (QED) is 0.704. The van der Waals surface area contributed by atoms with E-state index in [1.807, 2.05) is 41.3 Å². The van der Waals surface area contributed by atoms with Crippen molar-refractivity contribution >= 4 is 11.8 Å². The number of likely N-dealkylation sites (tertiary alicyclic amines) is 2. The lowest BCUT2D eigenvalue weighted by molar-refractivity contribution is 0.0671. The SMILES string of the molecule is O=C(c1cccc(=O)[nH]1)N1C[C@H]2CN(C(=O)c3ccc[nH]3)[C@H](c3ccccc3)[C@H]2C1. The molecule has 2 aliphatic heterocycles. The summed E-state index contributed by atoms with van der Waals surface area (Å²) in [4.78, 5) is 47.1. The number of rotatable bonds is 3. The van der Waals surface area contributed by atoms with Crippen molar-refractivity contribution in [1.29, 1.82) is 0 Å². The Labute approximate surface area is 173 Å². The highest BCUT2D eigenvalue weighted by Crippen LogP contribution is 2.45. The van der Waals surface area contributed by atoms with Gasteiger partial charge in [-0.15, -0.1) is 0 Å². The van der Waals surface area contributed by atoms with E-state index in [0.29, 0.717) is 31.0 Å². The summed E-state index contributed by atoms with van der Waals surface area (Å²) in [5.74, 6) is 0.142. The summed E-state index contributed by atoms with van der Waals surface area (Å²) in [5, 5.41) is 0. The van der Waals surface area contributed by atoms with E-state index in [0.717, 1.165) is 5.56 Å². The molecule has 2 N–H and O–H groups in total. The van der Waals surface area contributed by atoms with Gasteiger partial charge in [-0.25, -0.2) is 0 Å². The van der Waals surface area contributed by atoms with Crippen molar-refractivity contribution in [1.82, 2.24) is 19.8 Å². The average molecular weight is 402 g/mol. The van der Waals surface area contributed by atoms with Crippen molar-refractivity contribution in [2.45, 2.75) is 6.04 Å². The number of fused-ring (bicyclic) bond motifs is 1. The predicted molar refractivity (Wildman–Crippen MR) is 111 cm³/mol. The Kier molecular flexibility index (Phi) is 4.50. The van der Waals surface area contributed by atoms with Gasteiger partial charge in [-0.3, -0.25) is 14.4 Å². The molecule has 30 heavy (non-hydrogen) atoms. The molecule has 0 aliphatic carbocycles. The molecular formula is C23H22N4O3. The first-order valence-corrected chi connectivity index (χ1v) is 10.1. The number of carbonyl (C=O) groups is 2. The molecular weight excluding hydrogens is 380 g/mol. The van der Waals surface area contributed by atoms with Gasteiger partial charge in [0.2, 0.25) is 5.56 Å². The minimum Gasteiger partial charge on any atom is -0.357 e. The number of nitrogens with zero attached hydrogens (tertiary/aromatic N) is 2. The van der Waals surface area contributed by atoms with Crippen LogP contribution in [-0.2, 0) is 0 Å². The molecule has 0 saturated carbocycles. The number of hydrogen-bond donors (Lipinski definition) is 2. The van der Waals surface area contributed by atoms with Crippen molar-refractivity contribution in [3.63, 3.8) is 0 Å². The molecule has 3 atom stereocenters. The summed E-state index contributed by atoms with van der Waals surface area (Å²) in [6.45, 7) is 1.71. The molecule has 7 heteroatoms. The molecule has 2 saturated heterocycles. The van der Waals surface area contributed by atoms with Gasteiger partial charge in [0.1, 0.15) is 11.4 Å². The van der Waals surface area contributed by atoms with E-state index in [1.165, 1.54) is 6.07 Å². The van der Waals surface area contributed by atoms with Gasteiger partial charge in [-0.05, 0) is 23.8 Å². The van der Waals surface area contributed by atoms with Crippen LogP contribution in [0.3, 0.4) is 0 Å². The predicted octanol–water partition coefficient (Wildman–Crippen LogP) is 2.29. The van der Waals surface area contributed by atoms with Crippen LogP contribution in [0.1, 0.15) is 32.6 Å². The fraction of sp³-hybridized carbons (Fsp3) is 0.261. The molecule has 5 rings (SSSR count). The van der Waals surface area contributed by atoms with E-state index in [1.54, 1.807) is 29.3 Å². The van der Waals surface area contributed by atoms with Crippen LogP contribution in [0, 0.1) is 11.8 Å². The largest absolute Gasteiger partial charge is 0.357 e. The van der Waals surface area contributed by atoms with Gasteiger partial charge < -0.3 is 19.8 Å². The monoisotopic (exact) mass is 402 g/mol. The number of aromatic amines is 2. The number of amides is 2. The van der Waals surface area contributed by atoms with Crippen molar-refractivity contribution in [3.8, 4) is 0 Å². The Morgan fingerprint density at radius 1 is 0.833 bits per heavy atom. The highest BCUT2D eigenvalue weighted by molar-refractivity contribution is 5.94. The molecule has 2 amide bonds. The van der Waals surface area contributed by atoms with Gasteiger partial charge in [-0.1, -0.05) is 36.4 Å². The van der Waals surface area contributed by atoms with Crippen molar-refractivity contribution in [3.05, 3.63) is 94.2 Å². The number of H-pyrrole nitrogens is 2. The number of pyridine rings is 1. The number of benzene rings is 1. The van der Waals surface area contributed by atoms with Gasteiger partial charge in [0.05, 0.1) is 6.04 Å². The highest BCUT2D eigenvalue weighted by atomic mass is 16.2. The lowest BCUT2D eigenvalue weighted by Crippen LogP contribution is -2.38. The molecule has 2 fully saturated rings. The molecule has 3 aromatic rings. The zero-order valence-corrected chi connectivity index (χ0v) is 16.3. The third-order valence-corrected chi connectivity index (χ3v) is 6.18. The average Bonchev–Trinajstić information content (AvgIpc) is 3.49. The van der Waals surface area contributed by atoms with Crippen LogP contribution in [0.2, 0.25) is 0 Å². The van der Waals surface area contributed by atoms with Crippen molar-refractivity contribution in [2.24, 2.45) is 11.8 Å². The second-order valence-corrected chi connectivity index (χ2v) is 7.96. The van der Waals surface area contributed by atoms with Crippen molar-refractivity contribution in [2.75, 3.05) is 19.6 Å². The first kappa shape index (κ1) is 18.4. The number of hydrogen-bond acceptors (Lipinski definition) is 3. The molecule has 0 radical (unpaired) electrons. The number of nitrogens with one attached hydrogen (secondary N) is 2. The maximum Gasteiger partial charge on any atom is 0.270 e. The zero-order valence-electron chi connectivity index (χ0n) is 16.3. The normalized spacial score (nSPS) is 22.9. The van der Waals surface area contributed by atoms with E-state index in [4.69, 9.17) is 0 Å². The summed E-state index contributed by atoms with van der Waals surface area (Å²) in [5.41, 5.74) is 1.67. The summed E-state index contributed by atoms with van der Waals surface area (Å²) in [6, 6.07) is 18.1. The molecule has 152 valence electrons. The van der Waals surface area contributed by atoms with Crippen LogP contribution in [-0.4, -0.2) is 51.2 Å². The third kappa shape index (κ3) is 3.12. The van der Waals surface area contributed by atoms with E-state index < -0.39 is 0 Å². The molecule has 2 aliphatic rings. The molecule has 1 aromatic carbocycles. The Bertz CT molecular complexity index is 1120. The summed E-state index contributed by atoms with van der Waals surface area (Å²) in [6.07, 6.45) is 1.75. The van der Waals surface area contributed by atoms with Gasteiger partial charge in [-0.2, -0.15) is 0 Å². The van der Waals surface area contributed by atoms with E-state index in [9.17, 15) is 14.4 Å². The number of aromatic nitrogens is 2. The second kappa shape index (κ2) is 7.33. The zero-order chi connectivity index (χ0) is 20.7. The maximum absolute atomic E-state index is 13.2. The minimum absolute atomic E-state index is 0.0199. The van der Waals surface area contributed by atoms with Gasteiger partial charge >= 0.3 is 0 Å². The fourth-order valence-electron chi connectivity index (χ4n) is 4.86. The molecule has 4 heterocycles. The van der Waals surface area contributed by atoms with E-state index >= 15 is 0 Å². The molecule has 7 nitrogen and oxygen atoms in total. The highest BCUT2D eigenvalue weighted by Gasteiger charge is 2.50. The van der Waals surface area contributed by atoms with Gasteiger partial charge in [0.15, 0.2) is 0 Å². The molecule has 0 bridgehead atoms. The van der Waals surface area contributed by atoms with Crippen LogP contribution in [0.25, 0.3) is 0 Å². The standard InChI is InChI=1S/C23H22N4O3/c28-20-10-4-8-19(25-20)22(29)26-12-16-13-27(23(30)18-9-5-11-24-18)21(17(16)14-26)15-6-2-1-3-7-15/h1-11,16-17,21,24H,12-14H2,(H,25,28)/t16-,17-,21+/m0/s1. The fourth-order valence-corrected chi connectivity index (χ4v) is 4.86. The first-order valence-electron chi connectivity index (χ1n) is 10.1. The Balaban J connectivity index is 1.43. The van der Waals surface area contributed by atoms with E-state index in [-0.39, 0.29) is 35.3 Å². The summed E-state index contributed by atoms with van der Waals surface area (Å²) in [7, 11) is 0. The van der Waals surface area contributed by atoms with Crippen LogP contribution >= 0.6 is 0 Å². The third-order valence-electron chi connectivity index (χ3n) is 6.18. The van der Waals surface area contributed by atoms with Gasteiger partial charge in [0.25, 0.3) is 11.8 Å². The van der Waals surface area contributed by atoms with Crippen LogP contribution in [0.15, 0.2) is 71.7 Å². The second-order valence-electron chi connectivity index (χ2n) is 7.96. The Morgan fingerprint density at radius 2 is 1.63 bits per heavy atom. The van der Waals surface area contributed by atoms with E-state index in [2.05, 4.69) is 9.97 Å². The van der Waals surface area contributed by atoms with Crippen LogP contribution in [0.5, 0.6) is 0 Å². The maximum atomic E-state index is 13.2. The summed E-state index contributed by atoms with van der Waals surface area (Å²) < 4.78 is 0. The van der Waals surface area contributed by atoms with Crippen LogP contribution in [0.4, 0.5) is 0 Å². The van der Waals surface area contributed by atoms with Crippen LogP contribution < -0.4 is 5.56 Å². The topological polar surface area (TPSA) is 89.3 Å². The lowest BCUT2D eigenvalue weighted by atomic mass is 9.89. The summed E-state index contributed by atoms with van der Waals surface area (Å²) >= 11 is 0. The molecule has 2 aromatic heterocycles. The molecule has 0 spiro atoms. The minimum atomic E-state index is -0.287. The first-order chi connectivity index (χ1) is 14.6. The smallest absolute Gasteiger partial charge is 0.270 e. The number of carbonyl (C=O) groups excluding carboxylic acids is 2. The Morgan fingerprint density at radius 3 is 2.37 bits per heavy atom.